The molecule has 0 unspecified atom stereocenters. The summed E-state index contributed by atoms with van der Waals surface area (Å²) in [6.07, 6.45) is 11.9. The third-order valence-corrected chi connectivity index (χ3v) is 8.51. The van der Waals surface area contributed by atoms with E-state index in [4.69, 9.17) is 0 Å². The van der Waals surface area contributed by atoms with Crippen molar-refractivity contribution in [1.82, 2.24) is 4.98 Å². The standard InChI is InChI=1S/C28H39NO/c1-19(2)9-8-16-27(4)23-13-12-20(3)28(5,24(23)14-15-26(27)30)17-21-18-29-25-11-7-6-10-22(21)25/h6-7,9-11,18,20,26,29-30H,8,12-17H2,1-5H3/t20-,26-,27-,28+/m1/s1. The molecule has 2 heteroatoms. The largest absolute Gasteiger partial charge is 0.392 e. The molecule has 1 aromatic heterocycles. The van der Waals surface area contributed by atoms with Crippen molar-refractivity contribution in [3.8, 4) is 0 Å². The van der Waals surface area contributed by atoms with Crippen molar-refractivity contribution in [2.45, 2.75) is 85.7 Å². The molecule has 30 heavy (non-hydrogen) atoms. The van der Waals surface area contributed by atoms with Crippen LogP contribution < -0.4 is 0 Å². The fourth-order valence-corrected chi connectivity index (χ4v) is 6.27. The second-order valence-corrected chi connectivity index (χ2v) is 10.6. The van der Waals surface area contributed by atoms with Crippen molar-refractivity contribution < 1.29 is 5.11 Å². The molecule has 2 N–H and O–H groups in total. The molecule has 0 fully saturated rings. The maximum absolute atomic E-state index is 11.1. The molecule has 2 aliphatic rings. The summed E-state index contributed by atoms with van der Waals surface area (Å²) in [5.74, 6) is 0.655. The van der Waals surface area contributed by atoms with Gasteiger partial charge in [0, 0.05) is 22.5 Å². The van der Waals surface area contributed by atoms with E-state index in [9.17, 15) is 5.11 Å². The summed E-state index contributed by atoms with van der Waals surface area (Å²) >= 11 is 0. The van der Waals surface area contributed by atoms with E-state index in [0.717, 1.165) is 38.5 Å². The average Bonchev–Trinajstić information content (AvgIpc) is 3.10. The molecule has 2 aromatic rings. The van der Waals surface area contributed by atoms with Crippen LogP contribution in [0.15, 0.2) is 53.3 Å². The number of para-hydroxylation sites is 1. The predicted molar refractivity (Wildman–Crippen MR) is 128 cm³/mol. The molecule has 0 radical (unpaired) electrons. The number of allylic oxidation sites excluding steroid dienone is 3. The number of H-pyrrole nitrogens is 1. The van der Waals surface area contributed by atoms with E-state index in [0.29, 0.717) is 5.92 Å². The van der Waals surface area contributed by atoms with Crippen LogP contribution in [-0.2, 0) is 6.42 Å². The van der Waals surface area contributed by atoms with Gasteiger partial charge >= 0.3 is 0 Å². The molecule has 162 valence electrons. The van der Waals surface area contributed by atoms with Crippen molar-refractivity contribution in [2.75, 3.05) is 0 Å². The van der Waals surface area contributed by atoms with Crippen molar-refractivity contribution in [3.05, 3.63) is 58.8 Å². The molecule has 2 aliphatic carbocycles. The van der Waals surface area contributed by atoms with Gasteiger partial charge in [-0.15, -0.1) is 0 Å². The van der Waals surface area contributed by atoms with Crippen LogP contribution in [0, 0.1) is 16.7 Å². The summed E-state index contributed by atoms with van der Waals surface area (Å²) in [4.78, 5) is 3.48. The number of aromatic nitrogens is 1. The van der Waals surface area contributed by atoms with Gasteiger partial charge in [0.2, 0.25) is 0 Å². The second-order valence-electron chi connectivity index (χ2n) is 10.6. The molecule has 0 saturated heterocycles. The zero-order chi connectivity index (χ0) is 21.5. The molecule has 0 amide bonds. The highest BCUT2D eigenvalue weighted by Gasteiger charge is 2.48. The number of nitrogens with one attached hydrogen (secondary N) is 1. The van der Waals surface area contributed by atoms with E-state index >= 15 is 0 Å². The van der Waals surface area contributed by atoms with E-state index in [1.807, 2.05) is 0 Å². The summed E-state index contributed by atoms with van der Waals surface area (Å²) in [5.41, 5.74) is 7.38. The molecule has 1 heterocycles. The third-order valence-electron chi connectivity index (χ3n) is 8.51. The minimum atomic E-state index is -0.215. The van der Waals surface area contributed by atoms with E-state index in [1.54, 1.807) is 11.1 Å². The Hall–Kier alpha value is -1.80. The fraction of sp³-hybridized carbons (Fsp3) is 0.571. The lowest BCUT2D eigenvalue weighted by Crippen LogP contribution is -2.45. The van der Waals surface area contributed by atoms with Crippen LogP contribution in [0.4, 0.5) is 0 Å². The van der Waals surface area contributed by atoms with Crippen LogP contribution in [-0.4, -0.2) is 16.2 Å². The second kappa shape index (κ2) is 8.04. The van der Waals surface area contributed by atoms with Crippen molar-refractivity contribution >= 4 is 10.9 Å². The van der Waals surface area contributed by atoms with Crippen LogP contribution in [0.5, 0.6) is 0 Å². The van der Waals surface area contributed by atoms with Gasteiger partial charge < -0.3 is 10.1 Å². The van der Waals surface area contributed by atoms with Gasteiger partial charge in [0.05, 0.1) is 6.10 Å². The molecule has 0 spiro atoms. The van der Waals surface area contributed by atoms with Crippen molar-refractivity contribution in [1.29, 1.82) is 0 Å². The first kappa shape index (κ1) is 21.4. The number of benzene rings is 1. The highest BCUT2D eigenvalue weighted by molar-refractivity contribution is 5.83. The zero-order valence-corrected chi connectivity index (χ0v) is 19.5. The summed E-state index contributed by atoms with van der Waals surface area (Å²) in [7, 11) is 0. The van der Waals surface area contributed by atoms with Gasteiger partial charge in [0.1, 0.15) is 0 Å². The van der Waals surface area contributed by atoms with Gasteiger partial charge in [-0.2, -0.15) is 0 Å². The Labute approximate surface area is 182 Å². The fourth-order valence-electron chi connectivity index (χ4n) is 6.27. The van der Waals surface area contributed by atoms with E-state index in [2.05, 4.69) is 76.1 Å². The maximum Gasteiger partial charge on any atom is 0.0634 e. The molecule has 4 atom stereocenters. The topological polar surface area (TPSA) is 36.0 Å². The lowest BCUT2D eigenvalue weighted by molar-refractivity contribution is 0.0249. The Morgan fingerprint density at radius 1 is 1.10 bits per heavy atom. The van der Waals surface area contributed by atoms with Crippen LogP contribution in [0.3, 0.4) is 0 Å². The number of fused-ring (bicyclic) bond motifs is 1. The maximum atomic E-state index is 11.1. The Kier molecular flexibility index (Phi) is 5.74. The van der Waals surface area contributed by atoms with Gasteiger partial charge in [-0.1, -0.05) is 61.8 Å². The molecule has 1 aromatic carbocycles. The first-order valence-electron chi connectivity index (χ1n) is 11.8. The van der Waals surface area contributed by atoms with E-state index < -0.39 is 0 Å². The zero-order valence-electron chi connectivity index (χ0n) is 19.5. The SMILES string of the molecule is CC(C)=CCC[C@]1(C)C2=C(CC[C@H]1O)[C@@](C)(Cc1c[nH]c3ccccc13)[C@H](C)CC2. The normalized spacial score (nSPS) is 31.7. The van der Waals surface area contributed by atoms with Crippen molar-refractivity contribution in [3.63, 3.8) is 0 Å². The lowest BCUT2D eigenvalue weighted by atomic mass is 9.53. The molecule has 0 bridgehead atoms. The number of aromatic amines is 1. The first-order chi connectivity index (χ1) is 14.3. The number of rotatable bonds is 5. The molecule has 2 nitrogen and oxygen atoms in total. The van der Waals surface area contributed by atoms with E-state index in [1.165, 1.54) is 28.5 Å². The number of aliphatic hydroxyl groups is 1. The smallest absolute Gasteiger partial charge is 0.0634 e. The highest BCUT2D eigenvalue weighted by Crippen LogP contribution is 2.57. The Bertz CT molecular complexity index is 975. The average molecular weight is 406 g/mol. The molecule has 0 saturated carbocycles. The van der Waals surface area contributed by atoms with Gasteiger partial charge in [-0.25, -0.2) is 0 Å². The molecule has 0 aliphatic heterocycles. The van der Waals surface area contributed by atoms with Gasteiger partial charge in [-0.3, -0.25) is 0 Å². The lowest BCUT2D eigenvalue weighted by Gasteiger charge is -2.52. The molecular weight excluding hydrogens is 366 g/mol. The number of hydrogen-bond donors (Lipinski definition) is 2. The van der Waals surface area contributed by atoms with Crippen LogP contribution in [0.25, 0.3) is 10.9 Å². The number of aliphatic hydroxyl groups excluding tert-OH is 1. The Balaban J connectivity index is 1.73. The van der Waals surface area contributed by atoms with Crippen LogP contribution in [0.2, 0.25) is 0 Å². The monoisotopic (exact) mass is 405 g/mol. The number of hydrogen-bond acceptors (Lipinski definition) is 1. The van der Waals surface area contributed by atoms with Crippen LogP contribution >= 0.6 is 0 Å². The van der Waals surface area contributed by atoms with Gasteiger partial charge in [0.15, 0.2) is 0 Å². The Morgan fingerprint density at radius 3 is 2.57 bits per heavy atom. The quantitative estimate of drug-likeness (QED) is 0.501. The first-order valence-corrected chi connectivity index (χ1v) is 11.8. The minimum absolute atomic E-state index is 0.0822. The highest BCUT2D eigenvalue weighted by atomic mass is 16.3. The van der Waals surface area contributed by atoms with Gasteiger partial charge in [0.25, 0.3) is 0 Å². The molecular formula is C28H39NO. The van der Waals surface area contributed by atoms with Crippen LogP contribution in [0.1, 0.15) is 78.7 Å². The van der Waals surface area contributed by atoms with E-state index in [-0.39, 0.29) is 16.9 Å². The molecule has 4 rings (SSSR count). The third kappa shape index (κ3) is 3.58. The van der Waals surface area contributed by atoms with Gasteiger partial charge in [-0.05, 0) is 81.8 Å². The summed E-state index contributed by atoms with van der Waals surface area (Å²) in [5, 5.41) is 12.5. The predicted octanol–water partition coefficient (Wildman–Crippen LogP) is 7.35. The summed E-state index contributed by atoms with van der Waals surface area (Å²) in [6, 6.07) is 8.68. The minimum Gasteiger partial charge on any atom is -0.392 e. The van der Waals surface area contributed by atoms with Crippen molar-refractivity contribution in [2.24, 2.45) is 16.7 Å². The summed E-state index contributed by atoms with van der Waals surface area (Å²) < 4.78 is 0. The summed E-state index contributed by atoms with van der Waals surface area (Å²) in [6.45, 7) is 11.6. The Morgan fingerprint density at radius 2 is 1.80 bits per heavy atom.